The van der Waals surface area contributed by atoms with Gasteiger partial charge in [0, 0.05) is 36.8 Å². The van der Waals surface area contributed by atoms with Gasteiger partial charge >= 0.3 is 11.9 Å². The SMILES string of the molecule is COC(=O)Cc1cc2cc(Br)ccc2c(=O)[nH]1.COC(=O)Cc1cc2cc(Br)ccc2c(=O)n1-c1ccc(F)cc1. The Labute approximate surface area is 250 Å². The van der Waals surface area contributed by atoms with Gasteiger partial charge in [0.15, 0.2) is 0 Å². The van der Waals surface area contributed by atoms with Gasteiger partial charge in [-0.15, -0.1) is 0 Å². The minimum atomic E-state index is -0.459. The van der Waals surface area contributed by atoms with Crippen molar-refractivity contribution in [1.29, 1.82) is 0 Å². The molecule has 0 aliphatic carbocycles. The Balaban J connectivity index is 0.000000201. The summed E-state index contributed by atoms with van der Waals surface area (Å²) in [5.41, 5.74) is 1.04. The summed E-state index contributed by atoms with van der Waals surface area (Å²) in [6.07, 6.45) is -0.000235. The van der Waals surface area contributed by atoms with Gasteiger partial charge in [0.05, 0.1) is 27.1 Å². The van der Waals surface area contributed by atoms with Gasteiger partial charge in [-0.05, 0) is 83.6 Å². The fourth-order valence-corrected chi connectivity index (χ4v) is 4.94. The normalized spacial score (nSPS) is 10.7. The number of benzene rings is 3. The molecule has 41 heavy (non-hydrogen) atoms. The zero-order valence-electron chi connectivity index (χ0n) is 21.9. The fourth-order valence-electron chi connectivity index (χ4n) is 4.19. The summed E-state index contributed by atoms with van der Waals surface area (Å²) in [7, 11) is 2.61. The summed E-state index contributed by atoms with van der Waals surface area (Å²) in [5.74, 6) is -1.24. The molecule has 2 heterocycles. The number of methoxy groups -OCH3 is 2. The Morgan fingerprint density at radius 3 is 1.95 bits per heavy atom. The molecule has 0 radical (unpaired) electrons. The molecule has 0 unspecified atom stereocenters. The van der Waals surface area contributed by atoms with Crippen molar-refractivity contribution >= 4 is 65.3 Å². The first-order chi connectivity index (χ1) is 19.6. The average Bonchev–Trinajstić information content (AvgIpc) is 2.93. The van der Waals surface area contributed by atoms with Gasteiger partial charge in [0.1, 0.15) is 5.82 Å². The van der Waals surface area contributed by atoms with Crippen LogP contribution in [0.2, 0.25) is 0 Å². The number of fused-ring (bicyclic) bond motifs is 2. The maximum absolute atomic E-state index is 13.2. The number of rotatable bonds is 5. The number of aromatic nitrogens is 2. The highest BCUT2D eigenvalue weighted by atomic mass is 79.9. The van der Waals surface area contributed by atoms with Gasteiger partial charge in [0.25, 0.3) is 11.1 Å². The lowest BCUT2D eigenvalue weighted by Gasteiger charge is -2.14. The van der Waals surface area contributed by atoms with Crippen LogP contribution >= 0.6 is 31.9 Å². The molecule has 1 N–H and O–H groups in total. The van der Waals surface area contributed by atoms with E-state index in [1.54, 1.807) is 36.4 Å². The Kier molecular flexibility index (Phi) is 9.51. The van der Waals surface area contributed by atoms with Crippen molar-refractivity contribution in [3.8, 4) is 5.69 Å². The first-order valence-corrected chi connectivity index (χ1v) is 13.7. The number of nitrogens with zero attached hydrogens (tertiary/aromatic N) is 1. The zero-order valence-corrected chi connectivity index (χ0v) is 25.0. The number of hydrogen-bond donors (Lipinski definition) is 1. The van der Waals surface area contributed by atoms with Gasteiger partial charge in [-0.1, -0.05) is 31.9 Å². The van der Waals surface area contributed by atoms with Crippen LogP contribution in [-0.2, 0) is 31.9 Å². The van der Waals surface area contributed by atoms with E-state index in [4.69, 9.17) is 4.74 Å². The van der Waals surface area contributed by atoms with E-state index in [0.29, 0.717) is 33.2 Å². The predicted molar refractivity (Wildman–Crippen MR) is 161 cm³/mol. The van der Waals surface area contributed by atoms with Gasteiger partial charge < -0.3 is 14.5 Å². The van der Waals surface area contributed by atoms with Crippen LogP contribution in [0.1, 0.15) is 11.4 Å². The molecule has 0 aliphatic heterocycles. The molecular formula is C30H23Br2FN2O6. The molecule has 11 heteroatoms. The van der Waals surface area contributed by atoms with Crippen molar-refractivity contribution in [1.82, 2.24) is 9.55 Å². The van der Waals surface area contributed by atoms with Crippen LogP contribution in [0.4, 0.5) is 4.39 Å². The summed E-state index contributed by atoms with van der Waals surface area (Å²) in [6, 6.07) is 19.8. The maximum atomic E-state index is 13.2. The second-order valence-electron chi connectivity index (χ2n) is 8.85. The zero-order chi connectivity index (χ0) is 29.7. The van der Waals surface area contributed by atoms with Crippen molar-refractivity contribution in [2.45, 2.75) is 12.8 Å². The van der Waals surface area contributed by atoms with E-state index >= 15 is 0 Å². The van der Waals surface area contributed by atoms with E-state index < -0.39 is 11.8 Å². The van der Waals surface area contributed by atoms with E-state index in [-0.39, 0.29) is 29.9 Å². The Morgan fingerprint density at radius 1 is 0.780 bits per heavy atom. The third-order valence-corrected chi connectivity index (χ3v) is 7.11. The molecule has 210 valence electrons. The first kappa shape index (κ1) is 29.9. The Morgan fingerprint density at radius 2 is 1.34 bits per heavy atom. The van der Waals surface area contributed by atoms with Crippen molar-refractivity contribution in [3.05, 3.63) is 120 Å². The van der Waals surface area contributed by atoms with Gasteiger partial charge in [0.2, 0.25) is 0 Å². The van der Waals surface area contributed by atoms with Crippen LogP contribution < -0.4 is 11.1 Å². The maximum Gasteiger partial charge on any atom is 0.311 e. The molecule has 2 aromatic heterocycles. The molecule has 5 aromatic rings. The number of halogens is 3. The van der Waals surface area contributed by atoms with E-state index in [1.165, 1.54) is 43.1 Å². The lowest BCUT2D eigenvalue weighted by atomic mass is 10.1. The van der Waals surface area contributed by atoms with Crippen LogP contribution in [0.5, 0.6) is 0 Å². The van der Waals surface area contributed by atoms with E-state index in [0.717, 1.165) is 14.3 Å². The topological polar surface area (TPSA) is 107 Å². The standard InChI is InChI=1S/C18H13BrFNO3.C12H10BrNO3/c1-24-17(22)10-15-9-11-8-12(19)2-7-16(11)18(23)21(15)14-5-3-13(20)4-6-14;1-17-11(15)6-9-5-7-4-8(13)2-3-10(7)12(16)14-9/h2-9H,10H2,1H3;2-5H,6H2,1H3,(H,14,16). The summed E-state index contributed by atoms with van der Waals surface area (Å²) >= 11 is 6.72. The molecule has 0 aliphatic rings. The molecule has 0 atom stereocenters. The molecule has 5 rings (SSSR count). The van der Waals surface area contributed by atoms with Crippen LogP contribution in [-0.4, -0.2) is 35.7 Å². The molecule has 0 saturated heterocycles. The highest BCUT2D eigenvalue weighted by molar-refractivity contribution is 9.10. The number of nitrogens with one attached hydrogen (secondary N) is 1. The third-order valence-electron chi connectivity index (χ3n) is 6.12. The average molecular weight is 686 g/mol. The van der Waals surface area contributed by atoms with Crippen molar-refractivity contribution < 1.29 is 23.5 Å². The van der Waals surface area contributed by atoms with E-state index in [1.807, 2.05) is 12.1 Å². The summed E-state index contributed by atoms with van der Waals surface area (Å²) < 4.78 is 25.6. The number of aromatic amines is 1. The number of hydrogen-bond acceptors (Lipinski definition) is 6. The van der Waals surface area contributed by atoms with Crippen LogP contribution in [0, 0.1) is 5.82 Å². The largest absolute Gasteiger partial charge is 0.469 e. The number of pyridine rings is 2. The smallest absolute Gasteiger partial charge is 0.311 e. The van der Waals surface area contributed by atoms with Crippen LogP contribution in [0.3, 0.4) is 0 Å². The second kappa shape index (κ2) is 13.0. The lowest BCUT2D eigenvalue weighted by Crippen LogP contribution is -2.24. The first-order valence-electron chi connectivity index (χ1n) is 12.1. The number of esters is 2. The Hall–Kier alpha value is -4.09. The molecular weight excluding hydrogens is 663 g/mol. The molecule has 0 saturated carbocycles. The number of carbonyl (C=O) groups excluding carboxylic acids is 2. The van der Waals surface area contributed by atoms with E-state index in [2.05, 4.69) is 41.6 Å². The van der Waals surface area contributed by atoms with Crippen molar-refractivity contribution in [2.75, 3.05) is 14.2 Å². The molecule has 0 amide bonds. The van der Waals surface area contributed by atoms with Gasteiger partial charge in [-0.2, -0.15) is 0 Å². The quantitative estimate of drug-likeness (QED) is 0.241. The number of carbonyl (C=O) groups is 2. The second-order valence-corrected chi connectivity index (χ2v) is 10.7. The molecule has 0 bridgehead atoms. The molecule has 0 spiro atoms. The fraction of sp³-hybridized carbons (Fsp3) is 0.133. The number of ether oxygens (including phenoxy) is 2. The highest BCUT2D eigenvalue weighted by Gasteiger charge is 2.15. The van der Waals surface area contributed by atoms with Gasteiger partial charge in [-0.25, -0.2) is 4.39 Å². The minimum Gasteiger partial charge on any atom is -0.469 e. The van der Waals surface area contributed by atoms with Crippen molar-refractivity contribution in [2.24, 2.45) is 0 Å². The monoisotopic (exact) mass is 684 g/mol. The predicted octanol–water partition coefficient (Wildman–Crippen LogP) is 5.61. The van der Waals surface area contributed by atoms with Gasteiger partial charge in [-0.3, -0.25) is 23.7 Å². The highest BCUT2D eigenvalue weighted by Crippen LogP contribution is 2.21. The molecule has 3 aromatic carbocycles. The van der Waals surface area contributed by atoms with E-state index in [9.17, 15) is 23.6 Å². The molecule has 0 fully saturated rings. The third kappa shape index (κ3) is 7.17. The Bertz CT molecular complexity index is 1880. The summed E-state index contributed by atoms with van der Waals surface area (Å²) in [5, 5.41) is 2.62. The number of H-pyrrole nitrogens is 1. The van der Waals surface area contributed by atoms with Crippen LogP contribution in [0.25, 0.3) is 27.2 Å². The molecule has 8 nitrogen and oxygen atoms in total. The minimum absolute atomic E-state index is 0.0637. The van der Waals surface area contributed by atoms with Crippen molar-refractivity contribution in [3.63, 3.8) is 0 Å². The summed E-state index contributed by atoms with van der Waals surface area (Å²) in [6.45, 7) is 0. The lowest BCUT2D eigenvalue weighted by molar-refractivity contribution is -0.140. The van der Waals surface area contributed by atoms with Crippen LogP contribution in [0.15, 0.2) is 91.3 Å². The summed E-state index contributed by atoms with van der Waals surface area (Å²) in [4.78, 5) is 50.2.